The summed E-state index contributed by atoms with van der Waals surface area (Å²) in [6.07, 6.45) is 3.40. The minimum atomic E-state index is -3.10. The third-order valence-electron chi connectivity index (χ3n) is 3.92. The molecule has 2 rings (SSSR count). The van der Waals surface area contributed by atoms with Crippen LogP contribution < -0.4 is 0 Å². The Bertz CT molecular complexity index is 815. The lowest BCUT2D eigenvalue weighted by Gasteiger charge is -2.17. The SMILES string of the molecule is CCOC(=O)/C=C/c1ccc(-c2ccc(CP(=O)(OCC)OCC)cc2)cc1. The Kier molecular flexibility index (Phi) is 8.65. The van der Waals surface area contributed by atoms with Crippen LogP contribution in [0.15, 0.2) is 54.6 Å². The molecule has 0 amide bonds. The van der Waals surface area contributed by atoms with E-state index in [9.17, 15) is 9.36 Å². The van der Waals surface area contributed by atoms with Gasteiger partial charge in [0.15, 0.2) is 0 Å². The normalized spacial score (nSPS) is 11.7. The van der Waals surface area contributed by atoms with Crippen molar-refractivity contribution in [2.45, 2.75) is 26.9 Å². The molecule has 0 heterocycles. The van der Waals surface area contributed by atoms with Crippen LogP contribution in [-0.4, -0.2) is 25.8 Å². The number of carbonyl (C=O) groups is 1. The number of rotatable bonds is 10. The highest BCUT2D eigenvalue weighted by atomic mass is 31.2. The Hall–Kier alpha value is -2.20. The lowest BCUT2D eigenvalue weighted by Crippen LogP contribution is -1.99. The number of carbonyl (C=O) groups excluding carboxylic acids is 1. The summed E-state index contributed by atoms with van der Waals surface area (Å²) in [6, 6.07) is 15.7. The van der Waals surface area contributed by atoms with Gasteiger partial charge < -0.3 is 13.8 Å². The van der Waals surface area contributed by atoms with Crippen molar-refractivity contribution in [3.05, 3.63) is 65.7 Å². The third-order valence-corrected chi connectivity index (χ3v) is 5.98. The Morgan fingerprint density at radius 3 is 1.89 bits per heavy atom. The lowest BCUT2D eigenvalue weighted by molar-refractivity contribution is -0.137. The summed E-state index contributed by atoms with van der Waals surface area (Å²) in [6.45, 7) is 6.46. The molecule has 2 aromatic carbocycles. The fraction of sp³-hybridized carbons (Fsp3) is 0.318. The highest BCUT2D eigenvalue weighted by Gasteiger charge is 2.23. The molecule has 0 aliphatic heterocycles. The molecular formula is C22H27O5P. The molecule has 0 radical (unpaired) electrons. The van der Waals surface area contributed by atoms with E-state index in [1.165, 1.54) is 6.08 Å². The quantitative estimate of drug-likeness (QED) is 0.290. The number of ether oxygens (including phenoxy) is 1. The number of benzene rings is 2. The summed E-state index contributed by atoms with van der Waals surface area (Å²) in [5, 5.41) is 0. The van der Waals surface area contributed by atoms with Crippen molar-refractivity contribution in [1.29, 1.82) is 0 Å². The standard InChI is InChI=1S/C22H27O5P/c1-4-25-22(23)16-11-18-7-12-20(13-8-18)21-14-9-19(10-15-21)17-28(24,26-5-2)27-6-3/h7-16H,4-6,17H2,1-3H3/b16-11+. The summed E-state index contributed by atoms with van der Waals surface area (Å²) in [4.78, 5) is 11.4. The maximum Gasteiger partial charge on any atom is 0.335 e. The van der Waals surface area contributed by atoms with Crippen molar-refractivity contribution in [2.75, 3.05) is 19.8 Å². The second-order valence-electron chi connectivity index (χ2n) is 6.01. The fourth-order valence-corrected chi connectivity index (χ4v) is 4.39. The van der Waals surface area contributed by atoms with Gasteiger partial charge in [-0.15, -0.1) is 0 Å². The maximum absolute atomic E-state index is 12.6. The molecule has 0 bridgehead atoms. The van der Waals surface area contributed by atoms with E-state index in [1.807, 2.05) is 48.5 Å². The van der Waals surface area contributed by atoms with Crippen molar-refractivity contribution in [1.82, 2.24) is 0 Å². The Morgan fingerprint density at radius 2 is 1.39 bits per heavy atom. The molecule has 0 N–H and O–H groups in total. The first-order valence-electron chi connectivity index (χ1n) is 9.42. The lowest BCUT2D eigenvalue weighted by atomic mass is 10.0. The molecule has 6 heteroatoms. The van der Waals surface area contributed by atoms with E-state index in [2.05, 4.69) is 0 Å². The van der Waals surface area contributed by atoms with Crippen molar-refractivity contribution >= 4 is 19.6 Å². The van der Waals surface area contributed by atoms with E-state index in [4.69, 9.17) is 13.8 Å². The van der Waals surface area contributed by atoms with Gasteiger partial charge >= 0.3 is 13.6 Å². The molecule has 5 nitrogen and oxygen atoms in total. The highest BCUT2D eigenvalue weighted by molar-refractivity contribution is 7.53. The van der Waals surface area contributed by atoms with Gasteiger partial charge in [0, 0.05) is 6.08 Å². The molecule has 0 saturated heterocycles. The fourth-order valence-electron chi connectivity index (χ4n) is 2.69. The van der Waals surface area contributed by atoms with Crippen molar-refractivity contribution in [3.63, 3.8) is 0 Å². The summed E-state index contributed by atoms with van der Waals surface area (Å²) in [5.74, 6) is -0.349. The second kappa shape index (κ2) is 11.0. The average Bonchev–Trinajstić information content (AvgIpc) is 2.68. The Morgan fingerprint density at radius 1 is 0.857 bits per heavy atom. The van der Waals surface area contributed by atoms with Crippen LogP contribution in [0.4, 0.5) is 0 Å². The van der Waals surface area contributed by atoms with Gasteiger partial charge in [-0.1, -0.05) is 48.5 Å². The van der Waals surface area contributed by atoms with Crippen molar-refractivity contribution in [2.24, 2.45) is 0 Å². The van der Waals surface area contributed by atoms with Crippen LogP contribution in [-0.2, 0) is 29.3 Å². The zero-order valence-corrected chi connectivity index (χ0v) is 17.5. The Balaban J connectivity index is 2.06. The maximum atomic E-state index is 12.6. The monoisotopic (exact) mass is 402 g/mol. The molecule has 0 aliphatic rings. The van der Waals surface area contributed by atoms with Crippen LogP contribution in [0, 0.1) is 0 Å². The number of esters is 1. The van der Waals surface area contributed by atoms with E-state index < -0.39 is 7.60 Å². The zero-order chi connectivity index (χ0) is 20.4. The van der Waals surface area contributed by atoms with Crippen LogP contribution >= 0.6 is 7.60 Å². The first-order chi connectivity index (χ1) is 13.5. The van der Waals surface area contributed by atoms with Gasteiger partial charge in [-0.3, -0.25) is 4.57 Å². The van der Waals surface area contributed by atoms with Crippen LogP contribution in [0.25, 0.3) is 17.2 Å². The first kappa shape index (κ1) is 22.1. The summed E-state index contributed by atoms with van der Waals surface area (Å²) in [7, 11) is -3.10. The number of hydrogen-bond acceptors (Lipinski definition) is 5. The van der Waals surface area contributed by atoms with Crippen LogP contribution in [0.1, 0.15) is 31.9 Å². The highest BCUT2D eigenvalue weighted by Crippen LogP contribution is 2.51. The number of hydrogen-bond donors (Lipinski definition) is 0. The Labute approximate surface area is 166 Å². The predicted molar refractivity (Wildman–Crippen MR) is 112 cm³/mol. The molecule has 0 atom stereocenters. The molecular weight excluding hydrogens is 375 g/mol. The van der Waals surface area contributed by atoms with Gasteiger partial charge in [-0.2, -0.15) is 0 Å². The van der Waals surface area contributed by atoms with E-state index in [0.717, 1.165) is 22.3 Å². The average molecular weight is 402 g/mol. The van der Waals surface area contributed by atoms with Gasteiger partial charge in [0.1, 0.15) is 0 Å². The van der Waals surface area contributed by atoms with E-state index in [-0.39, 0.29) is 12.1 Å². The van der Waals surface area contributed by atoms with Gasteiger partial charge in [0.2, 0.25) is 0 Å². The van der Waals surface area contributed by atoms with Crippen LogP contribution in [0.2, 0.25) is 0 Å². The molecule has 0 aliphatic carbocycles. The van der Waals surface area contributed by atoms with Gasteiger partial charge in [0.05, 0.1) is 26.0 Å². The minimum absolute atomic E-state index is 0.257. The largest absolute Gasteiger partial charge is 0.463 e. The van der Waals surface area contributed by atoms with Gasteiger partial charge in [-0.25, -0.2) is 4.79 Å². The second-order valence-corrected chi connectivity index (χ2v) is 8.06. The summed E-state index contributed by atoms with van der Waals surface area (Å²) in [5.41, 5.74) is 3.93. The summed E-state index contributed by atoms with van der Waals surface area (Å²) >= 11 is 0. The molecule has 0 spiro atoms. The van der Waals surface area contributed by atoms with E-state index in [0.29, 0.717) is 19.8 Å². The van der Waals surface area contributed by atoms with E-state index in [1.54, 1.807) is 26.8 Å². The summed E-state index contributed by atoms with van der Waals surface area (Å²) < 4.78 is 28.2. The zero-order valence-electron chi connectivity index (χ0n) is 16.6. The molecule has 2 aromatic rings. The molecule has 150 valence electrons. The van der Waals surface area contributed by atoms with Crippen LogP contribution in [0.3, 0.4) is 0 Å². The smallest absolute Gasteiger partial charge is 0.335 e. The first-order valence-corrected chi connectivity index (χ1v) is 11.1. The third kappa shape index (κ3) is 6.75. The van der Waals surface area contributed by atoms with Gasteiger partial charge in [0.25, 0.3) is 0 Å². The van der Waals surface area contributed by atoms with E-state index >= 15 is 0 Å². The van der Waals surface area contributed by atoms with Crippen molar-refractivity contribution < 1.29 is 23.1 Å². The minimum Gasteiger partial charge on any atom is -0.463 e. The van der Waals surface area contributed by atoms with Crippen molar-refractivity contribution in [3.8, 4) is 11.1 Å². The molecule has 0 fully saturated rings. The molecule has 28 heavy (non-hydrogen) atoms. The van der Waals surface area contributed by atoms with Crippen LogP contribution in [0.5, 0.6) is 0 Å². The topological polar surface area (TPSA) is 61.8 Å². The predicted octanol–water partition coefficient (Wildman–Crippen LogP) is 5.70. The molecule has 0 aromatic heterocycles. The molecule has 0 unspecified atom stereocenters. The van der Waals surface area contributed by atoms with Gasteiger partial charge in [-0.05, 0) is 49.1 Å². The molecule has 0 saturated carbocycles.